The summed E-state index contributed by atoms with van der Waals surface area (Å²) in [7, 11) is 1.56. The molecule has 0 heterocycles. The van der Waals surface area contributed by atoms with Crippen LogP contribution >= 0.6 is 0 Å². The topological polar surface area (TPSA) is 277 Å². The van der Waals surface area contributed by atoms with Crippen molar-refractivity contribution in [1.29, 1.82) is 0 Å². The number of rotatable bonds is 45. The molecule has 4 amide bonds. The van der Waals surface area contributed by atoms with Crippen molar-refractivity contribution in [3.63, 3.8) is 0 Å². The third-order valence-corrected chi connectivity index (χ3v) is 9.57. The Hall–Kier alpha value is -3.91. The quantitative estimate of drug-likeness (QED) is 0.0409. The highest BCUT2D eigenvalue weighted by Gasteiger charge is 2.21. The van der Waals surface area contributed by atoms with E-state index >= 15 is 0 Å². The van der Waals surface area contributed by atoms with Crippen LogP contribution in [0.15, 0.2) is 0 Å². The average molecular weight is 876 g/mol. The number of aliphatic carboxylic acids is 3. The van der Waals surface area contributed by atoms with E-state index in [9.17, 15) is 38.7 Å². The molecule has 0 rings (SSSR count). The van der Waals surface area contributed by atoms with Gasteiger partial charge in [-0.1, -0.05) is 77.0 Å². The zero-order valence-electron chi connectivity index (χ0n) is 36.6. The number of unbranched alkanes of at least 4 members (excludes halogenated alkanes) is 14. The highest BCUT2D eigenvalue weighted by atomic mass is 16.5. The Kier molecular flexibility index (Phi) is 38.8. The Labute approximate surface area is 361 Å². The summed E-state index contributed by atoms with van der Waals surface area (Å²) in [5.41, 5.74) is 0. The fraction of sp³-hybridized carbons (Fsp3) is 0.833. The maximum atomic E-state index is 12.1. The molecular weight excluding hydrogens is 798 g/mol. The third-order valence-electron chi connectivity index (χ3n) is 9.57. The van der Waals surface area contributed by atoms with Crippen LogP contribution in [0, 0.1) is 0 Å². The third kappa shape index (κ3) is 40.0. The molecule has 61 heavy (non-hydrogen) atoms. The zero-order chi connectivity index (χ0) is 45.2. The molecule has 0 radical (unpaired) electrons. The minimum absolute atomic E-state index is 0.0191. The van der Waals surface area contributed by atoms with Gasteiger partial charge in [-0.25, -0.2) is 4.79 Å². The van der Waals surface area contributed by atoms with Crippen LogP contribution in [-0.2, 0) is 52.5 Å². The smallest absolute Gasteiger partial charge is 0.326 e. The number of carboxylic acids is 3. The molecule has 0 aliphatic rings. The lowest BCUT2D eigenvalue weighted by atomic mass is 10.0. The molecule has 2 atom stereocenters. The van der Waals surface area contributed by atoms with Crippen molar-refractivity contribution in [1.82, 2.24) is 26.6 Å². The largest absolute Gasteiger partial charge is 0.481 e. The van der Waals surface area contributed by atoms with E-state index in [1.807, 2.05) is 0 Å². The number of carbonyl (C=O) groups excluding carboxylic acids is 4. The van der Waals surface area contributed by atoms with Crippen molar-refractivity contribution < 1.29 is 67.8 Å². The van der Waals surface area contributed by atoms with Gasteiger partial charge in [-0.05, 0) is 45.6 Å². The Morgan fingerprint density at radius 2 is 0.836 bits per heavy atom. The first-order chi connectivity index (χ1) is 29.5. The maximum absolute atomic E-state index is 12.1. The molecule has 0 aromatic carbocycles. The first-order valence-electron chi connectivity index (χ1n) is 22.2. The van der Waals surface area contributed by atoms with Crippen molar-refractivity contribution in [3.05, 3.63) is 0 Å². The number of hydrogen-bond acceptors (Lipinski definition) is 12. The molecule has 0 unspecified atom stereocenters. The van der Waals surface area contributed by atoms with E-state index in [-0.39, 0.29) is 83.2 Å². The van der Waals surface area contributed by atoms with Crippen LogP contribution in [-0.4, -0.2) is 148 Å². The molecule has 0 saturated heterocycles. The molecule has 0 saturated carbocycles. The van der Waals surface area contributed by atoms with E-state index < -0.39 is 42.5 Å². The molecule has 19 heteroatoms. The average Bonchev–Trinajstić information content (AvgIpc) is 3.22. The number of likely N-dealkylation sites (N-methyl/N-ethyl adjacent to an activating group) is 1. The molecule has 0 aromatic rings. The lowest BCUT2D eigenvalue weighted by Gasteiger charge is -2.15. The predicted molar refractivity (Wildman–Crippen MR) is 227 cm³/mol. The van der Waals surface area contributed by atoms with Crippen LogP contribution in [0.5, 0.6) is 0 Å². The number of carbonyl (C=O) groups is 7. The second kappa shape index (κ2) is 41.4. The van der Waals surface area contributed by atoms with Crippen molar-refractivity contribution in [2.75, 3.05) is 79.5 Å². The Balaban J connectivity index is 3.59. The van der Waals surface area contributed by atoms with Gasteiger partial charge in [0.25, 0.3) is 0 Å². The predicted octanol–water partition coefficient (Wildman–Crippen LogP) is 2.92. The maximum Gasteiger partial charge on any atom is 0.326 e. The van der Waals surface area contributed by atoms with Crippen LogP contribution in [0.4, 0.5) is 0 Å². The molecule has 0 aliphatic heterocycles. The lowest BCUT2D eigenvalue weighted by Crippen LogP contribution is -2.43. The molecule has 0 fully saturated rings. The summed E-state index contributed by atoms with van der Waals surface area (Å²) in [6.07, 6.45) is 18.1. The van der Waals surface area contributed by atoms with Gasteiger partial charge in [0.15, 0.2) is 0 Å². The molecule has 0 bridgehead atoms. The van der Waals surface area contributed by atoms with Crippen molar-refractivity contribution in [3.8, 4) is 0 Å². The van der Waals surface area contributed by atoms with Crippen molar-refractivity contribution >= 4 is 41.5 Å². The number of hydrogen-bond donors (Lipinski definition) is 8. The fourth-order valence-corrected chi connectivity index (χ4v) is 6.07. The van der Waals surface area contributed by atoms with Gasteiger partial charge in [0.05, 0.1) is 39.6 Å². The van der Waals surface area contributed by atoms with Gasteiger partial charge in [-0.3, -0.25) is 28.8 Å². The Bertz CT molecular complexity index is 1200. The summed E-state index contributed by atoms with van der Waals surface area (Å²) in [5, 5.41) is 40.2. The minimum Gasteiger partial charge on any atom is -0.481 e. The monoisotopic (exact) mass is 876 g/mol. The van der Waals surface area contributed by atoms with Crippen LogP contribution in [0.1, 0.15) is 135 Å². The first-order valence-corrected chi connectivity index (χ1v) is 22.2. The molecule has 0 spiro atoms. The summed E-state index contributed by atoms with van der Waals surface area (Å²) in [4.78, 5) is 81.2. The van der Waals surface area contributed by atoms with Crippen LogP contribution < -0.4 is 26.6 Å². The second-order valence-corrected chi connectivity index (χ2v) is 14.9. The van der Waals surface area contributed by atoms with Gasteiger partial charge in [0.1, 0.15) is 25.3 Å². The standard InChI is InChI=1S/C42H77N5O14/c1-43-34(41(54)55)18-16-17-23-44-37(49)22-21-35(42(56)57)47-39(51)33-61-31-29-59-27-25-46-38(50)32-60-30-28-58-26-24-45-36(48)19-14-12-10-8-6-4-2-3-5-7-9-11-13-15-20-40(52)53/h34-35,43H,2-33H2,1H3,(H,44,49)(H,45,48)(H,46,50)(H,47,51)(H,52,53)(H,54,55)(H,56,57)/t34-,35-/m0/s1. The van der Waals surface area contributed by atoms with Gasteiger partial charge in [-0.15, -0.1) is 0 Å². The Morgan fingerprint density at radius 1 is 0.410 bits per heavy atom. The molecule has 19 nitrogen and oxygen atoms in total. The van der Waals surface area contributed by atoms with E-state index in [1.54, 1.807) is 7.05 Å². The molecule has 0 aromatic heterocycles. The van der Waals surface area contributed by atoms with Crippen LogP contribution in [0.3, 0.4) is 0 Å². The SMILES string of the molecule is CN[C@@H](CCCCNC(=O)CC[C@H](NC(=O)COCCOCCNC(=O)COCCOCCNC(=O)CCCCCCCCCCCCCCCCC(=O)O)C(=O)O)C(=O)O. The van der Waals surface area contributed by atoms with Gasteiger partial charge in [0, 0.05) is 38.9 Å². The number of nitrogens with one attached hydrogen (secondary N) is 5. The number of amides is 4. The Morgan fingerprint density at radius 3 is 1.33 bits per heavy atom. The van der Waals surface area contributed by atoms with E-state index in [0.717, 1.165) is 38.5 Å². The van der Waals surface area contributed by atoms with Gasteiger partial charge >= 0.3 is 17.9 Å². The van der Waals surface area contributed by atoms with Crippen molar-refractivity contribution in [2.24, 2.45) is 0 Å². The van der Waals surface area contributed by atoms with Crippen LogP contribution in [0.25, 0.3) is 0 Å². The first kappa shape index (κ1) is 57.1. The highest BCUT2D eigenvalue weighted by molar-refractivity contribution is 5.85. The normalized spacial score (nSPS) is 12.0. The minimum atomic E-state index is -1.28. The molecule has 8 N–H and O–H groups in total. The summed E-state index contributed by atoms with van der Waals surface area (Å²) in [6.45, 7) is 1.67. The van der Waals surface area contributed by atoms with E-state index in [2.05, 4.69) is 26.6 Å². The fourth-order valence-electron chi connectivity index (χ4n) is 6.07. The van der Waals surface area contributed by atoms with Gasteiger partial charge in [0.2, 0.25) is 23.6 Å². The lowest BCUT2D eigenvalue weighted by molar-refractivity contribution is -0.143. The summed E-state index contributed by atoms with van der Waals surface area (Å²) >= 11 is 0. The highest BCUT2D eigenvalue weighted by Crippen LogP contribution is 2.14. The zero-order valence-corrected chi connectivity index (χ0v) is 36.6. The number of carboxylic acid groups (broad SMARTS) is 3. The van der Waals surface area contributed by atoms with Crippen molar-refractivity contribution in [2.45, 2.75) is 147 Å². The van der Waals surface area contributed by atoms with Gasteiger partial charge < -0.3 is 60.9 Å². The molecule has 0 aliphatic carbocycles. The number of ether oxygens (including phenoxy) is 4. The van der Waals surface area contributed by atoms with Crippen LogP contribution in [0.2, 0.25) is 0 Å². The second-order valence-electron chi connectivity index (χ2n) is 14.9. The van der Waals surface area contributed by atoms with E-state index in [0.29, 0.717) is 45.4 Å². The van der Waals surface area contributed by atoms with E-state index in [1.165, 1.54) is 51.4 Å². The summed E-state index contributed by atoms with van der Waals surface area (Å²) < 4.78 is 21.3. The molecular formula is C42H77N5O14. The molecule has 354 valence electrons. The summed E-state index contributed by atoms with van der Waals surface area (Å²) in [5.74, 6) is -4.27. The van der Waals surface area contributed by atoms with Gasteiger partial charge in [-0.2, -0.15) is 0 Å². The summed E-state index contributed by atoms with van der Waals surface area (Å²) in [6, 6.07) is -1.93. The van der Waals surface area contributed by atoms with E-state index in [4.69, 9.17) is 29.2 Å².